The molecule has 0 aliphatic heterocycles. The van der Waals surface area contributed by atoms with Gasteiger partial charge in [0.05, 0.1) is 12.5 Å². The molecule has 1 aromatic heterocycles. The zero-order chi connectivity index (χ0) is 41.9. The molecule has 306 valence electrons. The highest BCUT2D eigenvalue weighted by molar-refractivity contribution is 5.90. The van der Waals surface area contributed by atoms with Crippen LogP contribution in [0.25, 0.3) is 27.4 Å². The molecule has 3 rings (SSSR count). The Bertz CT molecular complexity index is 1920. The third-order valence-electron chi connectivity index (χ3n) is 9.22. The molecule has 58 heavy (non-hydrogen) atoms. The van der Waals surface area contributed by atoms with Gasteiger partial charge in [-0.15, -0.1) is 10.2 Å². The molecule has 1 amide bonds. The van der Waals surface area contributed by atoms with E-state index in [-0.39, 0.29) is 25.3 Å². The Labute approximate surface area is 344 Å². The minimum absolute atomic E-state index is 0.0416. The number of benzene rings is 2. The van der Waals surface area contributed by atoms with Gasteiger partial charge in [-0.1, -0.05) is 143 Å². The Hall–Kier alpha value is -6.15. The molecule has 0 aliphatic rings. The molecule has 2 aromatic carbocycles. The number of aromatic amines is 1. The Morgan fingerprint density at radius 2 is 1.40 bits per heavy atom. The van der Waals surface area contributed by atoms with Crippen molar-refractivity contribution in [3.63, 3.8) is 0 Å². The number of ether oxygens (including phenoxy) is 2. The van der Waals surface area contributed by atoms with Gasteiger partial charge in [-0.05, 0) is 78.1 Å². The first-order chi connectivity index (χ1) is 28.3. The molecule has 0 saturated carbocycles. The van der Waals surface area contributed by atoms with Gasteiger partial charge in [0.1, 0.15) is 12.5 Å². The van der Waals surface area contributed by atoms with Gasteiger partial charge in [-0.3, -0.25) is 14.5 Å². The van der Waals surface area contributed by atoms with E-state index in [0.29, 0.717) is 18.7 Å². The fourth-order valence-corrected chi connectivity index (χ4v) is 6.04. The predicted molar refractivity (Wildman–Crippen MR) is 231 cm³/mol. The average Bonchev–Trinajstić information content (AvgIpc) is 3.78. The largest absolute Gasteiger partial charge is 0.456 e. The monoisotopic (exact) mass is 787 g/mol. The molecule has 11 heteroatoms. The Morgan fingerprint density at radius 3 is 1.97 bits per heavy atom. The van der Waals surface area contributed by atoms with Crippen LogP contribution in [0, 0.1) is 12.5 Å². The van der Waals surface area contributed by atoms with Crippen LogP contribution in [0.15, 0.2) is 122 Å². The van der Waals surface area contributed by atoms with Crippen molar-refractivity contribution < 1.29 is 23.9 Å². The molecule has 0 spiro atoms. The van der Waals surface area contributed by atoms with Crippen molar-refractivity contribution in [1.29, 1.82) is 0 Å². The van der Waals surface area contributed by atoms with E-state index in [1.165, 1.54) is 4.90 Å². The van der Waals surface area contributed by atoms with Crippen molar-refractivity contribution in [3.05, 3.63) is 132 Å². The second kappa shape index (κ2) is 26.7. The molecule has 1 N–H and O–H groups in total. The van der Waals surface area contributed by atoms with E-state index in [1.807, 2.05) is 61.5 Å². The summed E-state index contributed by atoms with van der Waals surface area (Å²) < 4.78 is 10.6. The molecule has 0 fully saturated rings. The highest BCUT2D eigenvalue weighted by Crippen LogP contribution is 2.33. The lowest BCUT2D eigenvalue weighted by atomic mass is 9.92. The van der Waals surface area contributed by atoms with Crippen LogP contribution in [0.2, 0.25) is 0 Å². The number of rotatable bonds is 25. The maximum Gasteiger partial charge on any atom is 0.456 e. The quantitative estimate of drug-likeness (QED) is 0.0388. The fourth-order valence-electron chi connectivity index (χ4n) is 6.04. The summed E-state index contributed by atoms with van der Waals surface area (Å²) in [6.07, 6.45) is 31.3. The van der Waals surface area contributed by atoms with Crippen molar-refractivity contribution in [3.8, 4) is 29.1 Å². The van der Waals surface area contributed by atoms with Gasteiger partial charge in [0.2, 0.25) is 11.7 Å². The minimum atomic E-state index is -1.86. The van der Waals surface area contributed by atoms with Crippen molar-refractivity contribution in [2.75, 3.05) is 0 Å². The smallest absolute Gasteiger partial charge is 0.431 e. The molecule has 1 heterocycles. The number of H-pyrrole nitrogens is 1. The second-order valence-electron chi connectivity index (χ2n) is 13.8. The zero-order valence-electron chi connectivity index (χ0n) is 34.5. The van der Waals surface area contributed by atoms with E-state index in [9.17, 15) is 14.4 Å². The van der Waals surface area contributed by atoms with Crippen LogP contribution in [0.4, 0.5) is 0 Å². The van der Waals surface area contributed by atoms with Gasteiger partial charge in [-0.2, -0.15) is 5.21 Å². The lowest BCUT2D eigenvalue weighted by Gasteiger charge is -2.32. The second-order valence-corrected chi connectivity index (χ2v) is 13.8. The summed E-state index contributed by atoms with van der Waals surface area (Å²) in [4.78, 5) is 45.3. The number of unbranched alkanes of at least 4 members (excludes halogenated alkanes) is 2. The third-order valence-corrected chi connectivity index (χ3v) is 9.22. The summed E-state index contributed by atoms with van der Waals surface area (Å²) >= 11 is 0. The molecule has 0 radical (unpaired) electrons. The minimum Gasteiger partial charge on any atom is -0.431 e. The summed E-state index contributed by atoms with van der Waals surface area (Å²) in [5, 5.41) is 14.4. The van der Waals surface area contributed by atoms with Crippen LogP contribution in [0.5, 0.6) is 0 Å². The van der Waals surface area contributed by atoms with Crippen LogP contribution in [0.3, 0.4) is 0 Å². The summed E-state index contributed by atoms with van der Waals surface area (Å²) in [5.41, 5.74) is 1.51. The number of tetrazole rings is 1. The van der Waals surface area contributed by atoms with Gasteiger partial charge < -0.3 is 9.47 Å². The normalized spacial score (nSPS) is 13.0. The maximum absolute atomic E-state index is 13.8. The first-order valence-electron chi connectivity index (χ1n) is 20.2. The van der Waals surface area contributed by atoms with Crippen LogP contribution in [-0.2, 0) is 30.4 Å². The molecule has 0 saturated heterocycles. The van der Waals surface area contributed by atoms with Crippen molar-refractivity contribution in [2.45, 2.75) is 111 Å². The van der Waals surface area contributed by atoms with E-state index >= 15 is 0 Å². The van der Waals surface area contributed by atoms with Gasteiger partial charge >= 0.3 is 17.6 Å². The summed E-state index contributed by atoms with van der Waals surface area (Å²) in [7, 11) is 0. The van der Waals surface area contributed by atoms with E-state index in [1.54, 1.807) is 13.8 Å². The first-order valence-corrected chi connectivity index (χ1v) is 20.2. The highest BCUT2D eigenvalue weighted by atomic mass is 16.6. The lowest BCUT2D eigenvalue weighted by molar-refractivity contribution is -0.161. The van der Waals surface area contributed by atoms with Gasteiger partial charge in [0.15, 0.2) is 0 Å². The SMILES string of the molecule is C#[N+]C(C(=O)OC=COC(=O)CCCC=CCC=CCC=CCC=CCC=CCC)(C(C)C)N(Cc1ccc(-c2ccccc2-c2nn[nH]n2)cc1)C(=O)CCCC. The van der Waals surface area contributed by atoms with Crippen LogP contribution < -0.4 is 0 Å². The number of carbonyl (C=O) groups excluding carboxylic acids is 3. The number of nitrogens with zero attached hydrogens (tertiary/aromatic N) is 5. The topological polar surface area (TPSA) is 132 Å². The number of hydrogen-bond acceptors (Lipinski definition) is 8. The van der Waals surface area contributed by atoms with Gasteiger partial charge in [-0.25, -0.2) is 4.79 Å². The average molecular weight is 788 g/mol. The van der Waals surface area contributed by atoms with Gasteiger partial charge in [0.25, 0.3) is 6.57 Å². The highest BCUT2D eigenvalue weighted by Gasteiger charge is 2.61. The third kappa shape index (κ3) is 15.1. The maximum atomic E-state index is 13.8. The number of amides is 1. The lowest BCUT2D eigenvalue weighted by Crippen LogP contribution is -2.58. The number of nitrogens with one attached hydrogen (secondary N) is 1. The Balaban J connectivity index is 1.53. The molecule has 0 aliphatic carbocycles. The summed E-state index contributed by atoms with van der Waals surface area (Å²) in [6.45, 7) is 13.6. The summed E-state index contributed by atoms with van der Waals surface area (Å²) in [5.74, 6) is -1.72. The molecule has 3 aromatic rings. The molecule has 11 nitrogen and oxygen atoms in total. The molecular formula is C47H59N6O5+. The number of esters is 2. The number of allylic oxidation sites excluding steroid dienone is 10. The molecule has 1 unspecified atom stereocenters. The predicted octanol–water partition coefficient (Wildman–Crippen LogP) is 10.8. The van der Waals surface area contributed by atoms with Crippen molar-refractivity contribution in [2.24, 2.45) is 5.92 Å². The Morgan fingerprint density at radius 1 is 0.793 bits per heavy atom. The Kier molecular flexibility index (Phi) is 21.2. The van der Waals surface area contributed by atoms with E-state index in [0.717, 1.165) is 79.7 Å². The van der Waals surface area contributed by atoms with Crippen LogP contribution >= 0.6 is 0 Å². The fraction of sp³-hybridized carbons (Fsp3) is 0.383. The zero-order valence-corrected chi connectivity index (χ0v) is 34.5. The van der Waals surface area contributed by atoms with Crippen molar-refractivity contribution >= 4 is 17.8 Å². The van der Waals surface area contributed by atoms with Crippen LogP contribution in [-0.4, -0.2) is 49.0 Å². The first kappa shape index (κ1) is 46.2. The van der Waals surface area contributed by atoms with E-state index in [2.05, 4.69) is 87.1 Å². The number of hydrogen-bond donors (Lipinski definition) is 1. The van der Waals surface area contributed by atoms with Crippen molar-refractivity contribution in [1.82, 2.24) is 25.5 Å². The van der Waals surface area contributed by atoms with E-state index < -0.39 is 23.5 Å². The number of aromatic nitrogens is 4. The van der Waals surface area contributed by atoms with E-state index in [4.69, 9.17) is 16.0 Å². The summed E-state index contributed by atoms with van der Waals surface area (Å²) in [6, 6.07) is 15.3. The molecular weight excluding hydrogens is 729 g/mol. The van der Waals surface area contributed by atoms with Crippen LogP contribution in [0.1, 0.15) is 104 Å². The standard InChI is InChI=1S/C47H59N6O5/c1-6-8-10-11-12-13-14-15-16-17-18-19-20-21-22-23-24-30-44(55)57-35-36-58-46(56)47(48-5,38(3)4)53(43(54)29-9-7-2)37-39-31-33-40(34-32-39)41-27-25-26-28-42(41)45-49-51-52-50-45/h5,8,10,12-13,15-16,18-19,21-22,25-28,31-36,38H,6-7,9,11,14,17,20,23-24,29-30,37H2,1-4H3,(H,49,50,51,52)/q+1. The molecule has 1 atom stereocenters. The van der Waals surface area contributed by atoms with Gasteiger partial charge in [0, 0.05) is 18.4 Å². The molecule has 0 bridgehead atoms. The number of carbonyl (C=O) groups is 3.